The highest BCUT2D eigenvalue weighted by atomic mass is 16.5. The summed E-state index contributed by atoms with van der Waals surface area (Å²) in [4.78, 5) is 11.3. The smallest absolute Gasteiger partial charge is 0.137 e. The van der Waals surface area contributed by atoms with Crippen LogP contribution >= 0.6 is 0 Å². The summed E-state index contributed by atoms with van der Waals surface area (Å²) in [5.41, 5.74) is 1.18. The molecule has 0 radical (unpaired) electrons. The monoisotopic (exact) mass is 278 g/mol. The third-order valence-electron chi connectivity index (χ3n) is 3.72. The minimum absolute atomic E-state index is 0.0292. The van der Waals surface area contributed by atoms with Gasteiger partial charge in [-0.15, -0.1) is 0 Å². The number of hydrogen-bond donors (Lipinski definition) is 1. The first-order valence-electron chi connectivity index (χ1n) is 7.53. The van der Waals surface area contributed by atoms with E-state index in [2.05, 4.69) is 47.9 Å². The van der Waals surface area contributed by atoms with Gasteiger partial charge in [0.1, 0.15) is 18.0 Å². The highest BCUT2D eigenvalue weighted by molar-refractivity contribution is 5.60. The predicted molar refractivity (Wildman–Crippen MR) is 82.4 cm³/mol. The van der Waals surface area contributed by atoms with Gasteiger partial charge in [-0.25, -0.2) is 9.97 Å². The fraction of sp³-hybridized carbons (Fsp3) is 0.733. The second kappa shape index (κ2) is 6.39. The Labute approximate surface area is 121 Å². The van der Waals surface area contributed by atoms with E-state index in [9.17, 15) is 0 Å². The molecule has 0 amide bonds. The van der Waals surface area contributed by atoms with E-state index >= 15 is 0 Å². The van der Waals surface area contributed by atoms with Crippen molar-refractivity contribution in [2.24, 2.45) is 0 Å². The Morgan fingerprint density at radius 1 is 1.35 bits per heavy atom. The fourth-order valence-electron chi connectivity index (χ4n) is 2.61. The van der Waals surface area contributed by atoms with Gasteiger partial charge in [0.15, 0.2) is 0 Å². The van der Waals surface area contributed by atoms with E-state index in [4.69, 9.17) is 4.74 Å². The summed E-state index contributed by atoms with van der Waals surface area (Å²) >= 11 is 0. The molecule has 0 saturated carbocycles. The van der Waals surface area contributed by atoms with Crippen molar-refractivity contribution in [3.63, 3.8) is 0 Å². The number of aromatic nitrogens is 2. The quantitative estimate of drug-likeness (QED) is 0.896. The first-order valence-corrected chi connectivity index (χ1v) is 7.53. The van der Waals surface area contributed by atoms with Gasteiger partial charge in [-0.05, 0) is 26.7 Å². The molecule has 1 fully saturated rings. The number of anilines is 2. The highest BCUT2D eigenvalue weighted by Gasteiger charge is 2.33. The standard InChI is InChI=1S/C15H26N4O/c1-5-7-16-13-12(6-2)14(18-11-17-13)19-8-9-20-10-15(19,3)4/h11H,5-10H2,1-4H3,(H,16,17,18). The predicted octanol–water partition coefficient (Wildman–Crippen LogP) is 2.48. The van der Waals surface area contributed by atoms with Gasteiger partial charge in [0.25, 0.3) is 0 Å². The maximum Gasteiger partial charge on any atom is 0.137 e. The third kappa shape index (κ3) is 3.03. The Bertz CT molecular complexity index is 447. The molecule has 0 aromatic carbocycles. The molecular weight excluding hydrogens is 252 g/mol. The molecule has 0 bridgehead atoms. The van der Waals surface area contributed by atoms with Crippen LogP contribution in [-0.2, 0) is 11.2 Å². The summed E-state index contributed by atoms with van der Waals surface area (Å²) in [5.74, 6) is 2.02. The van der Waals surface area contributed by atoms with Crippen LogP contribution in [0, 0.1) is 0 Å². The zero-order valence-electron chi connectivity index (χ0n) is 13.1. The molecule has 1 aliphatic heterocycles. The number of morpholine rings is 1. The van der Waals surface area contributed by atoms with Crippen molar-refractivity contribution in [1.82, 2.24) is 9.97 Å². The summed E-state index contributed by atoms with van der Waals surface area (Å²) in [5, 5.41) is 3.41. The van der Waals surface area contributed by atoms with Crippen molar-refractivity contribution in [1.29, 1.82) is 0 Å². The molecular formula is C15H26N4O. The van der Waals surface area contributed by atoms with Crippen LogP contribution in [0.3, 0.4) is 0 Å². The summed E-state index contributed by atoms with van der Waals surface area (Å²) in [6, 6.07) is 0. The molecule has 0 atom stereocenters. The number of nitrogens with zero attached hydrogens (tertiary/aromatic N) is 3. The first kappa shape index (κ1) is 15.0. The van der Waals surface area contributed by atoms with Crippen LogP contribution in [0.4, 0.5) is 11.6 Å². The van der Waals surface area contributed by atoms with Crippen LogP contribution in [-0.4, -0.2) is 41.8 Å². The first-order chi connectivity index (χ1) is 9.60. The van der Waals surface area contributed by atoms with Gasteiger partial charge >= 0.3 is 0 Å². The van der Waals surface area contributed by atoms with Crippen molar-refractivity contribution in [2.75, 3.05) is 36.5 Å². The molecule has 112 valence electrons. The van der Waals surface area contributed by atoms with Gasteiger partial charge in [-0.1, -0.05) is 13.8 Å². The SMILES string of the molecule is CCCNc1ncnc(N2CCOCC2(C)C)c1CC. The Hall–Kier alpha value is -1.36. The molecule has 2 heterocycles. The fourth-order valence-corrected chi connectivity index (χ4v) is 2.61. The zero-order valence-corrected chi connectivity index (χ0v) is 13.1. The van der Waals surface area contributed by atoms with Gasteiger partial charge in [0, 0.05) is 18.7 Å². The Kier molecular flexibility index (Phi) is 4.81. The minimum Gasteiger partial charge on any atom is -0.377 e. The van der Waals surface area contributed by atoms with Gasteiger partial charge < -0.3 is 15.0 Å². The number of hydrogen-bond acceptors (Lipinski definition) is 5. The van der Waals surface area contributed by atoms with E-state index < -0.39 is 0 Å². The van der Waals surface area contributed by atoms with Crippen molar-refractivity contribution in [3.05, 3.63) is 11.9 Å². The lowest BCUT2D eigenvalue weighted by Gasteiger charge is -2.43. The topological polar surface area (TPSA) is 50.3 Å². The second-order valence-electron chi connectivity index (χ2n) is 5.82. The summed E-state index contributed by atoms with van der Waals surface area (Å²) < 4.78 is 5.60. The Balaban J connectivity index is 2.35. The lowest BCUT2D eigenvalue weighted by atomic mass is 10.0. The molecule has 1 aromatic rings. The molecule has 20 heavy (non-hydrogen) atoms. The van der Waals surface area contributed by atoms with E-state index in [1.54, 1.807) is 6.33 Å². The third-order valence-corrected chi connectivity index (χ3v) is 3.72. The number of ether oxygens (including phenoxy) is 1. The minimum atomic E-state index is -0.0292. The van der Waals surface area contributed by atoms with Crippen LogP contribution in [0.5, 0.6) is 0 Å². The van der Waals surface area contributed by atoms with E-state index in [-0.39, 0.29) is 5.54 Å². The van der Waals surface area contributed by atoms with Crippen molar-refractivity contribution in [2.45, 2.75) is 46.1 Å². The number of nitrogens with one attached hydrogen (secondary N) is 1. The van der Waals surface area contributed by atoms with Gasteiger partial charge in [-0.3, -0.25) is 0 Å². The second-order valence-corrected chi connectivity index (χ2v) is 5.82. The summed E-state index contributed by atoms with van der Waals surface area (Å²) in [7, 11) is 0. The van der Waals surface area contributed by atoms with Crippen molar-refractivity contribution in [3.8, 4) is 0 Å². The van der Waals surface area contributed by atoms with Crippen molar-refractivity contribution < 1.29 is 4.74 Å². The molecule has 0 unspecified atom stereocenters. The lowest BCUT2D eigenvalue weighted by Crippen LogP contribution is -2.53. The lowest BCUT2D eigenvalue weighted by molar-refractivity contribution is 0.0638. The molecule has 1 saturated heterocycles. The molecule has 1 aliphatic rings. The molecule has 2 rings (SSSR count). The number of rotatable bonds is 5. The van der Waals surface area contributed by atoms with Crippen LogP contribution in [0.15, 0.2) is 6.33 Å². The Morgan fingerprint density at radius 2 is 2.15 bits per heavy atom. The molecule has 1 N–H and O–H groups in total. The summed E-state index contributed by atoms with van der Waals surface area (Å²) in [6.45, 7) is 12.0. The molecule has 0 spiro atoms. The van der Waals surface area contributed by atoms with Crippen LogP contribution < -0.4 is 10.2 Å². The average Bonchev–Trinajstić information content (AvgIpc) is 2.44. The zero-order chi connectivity index (χ0) is 14.6. The van der Waals surface area contributed by atoms with Crippen LogP contribution in [0.2, 0.25) is 0 Å². The normalized spacial score (nSPS) is 18.1. The van der Waals surface area contributed by atoms with Gasteiger partial charge in [0.2, 0.25) is 0 Å². The van der Waals surface area contributed by atoms with Crippen LogP contribution in [0.25, 0.3) is 0 Å². The van der Waals surface area contributed by atoms with Crippen LogP contribution in [0.1, 0.15) is 39.7 Å². The largest absolute Gasteiger partial charge is 0.377 e. The van der Waals surface area contributed by atoms with Crippen molar-refractivity contribution >= 4 is 11.6 Å². The average molecular weight is 278 g/mol. The molecule has 1 aromatic heterocycles. The molecule has 5 nitrogen and oxygen atoms in total. The van der Waals surface area contributed by atoms with E-state index in [1.165, 1.54) is 5.56 Å². The maximum absolute atomic E-state index is 5.60. The molecule has 5 heteroatoms. The Morgan fingerprint density at radius 3 is 2.80 bits per heavy atom. The summed E-state index contributed by atoms with van der Waals surface area (Å²) in [6.07, 6.45) is 3.68. The van der Waals surface area contributed by atoms with Gasteiger partial charge in [0.05, 0.1) is 18.8 Å². The van der Waals surface area contributed by atoms with E-state index in [0.717, 1.165) is 50.8 Å². The van der Waals surface area contributed by atoms with Gasteiger partial charge in [-0.2, -0.15) is 0 Å². The maximum atomic E-state index is 5.60. The molecule has 0 aliphatic carbocycles. The van der Waals surface area contributed by atoms with E-state index in [1.807, 2.05) is 0 Å². The highest BCUT2D eigenvalue weighted by Crippen LogP contribution is 2.31. The van der Waals surface area contributed by atoms with E-state index in [0.29, 0.717) is 0 Å².